The molecule has 0 aromatic carbocycles. The van der Waals surface area contributed by atoms with Gasteiger partial charge in [-0.2, -0.15) is 0 Å². The second-order valence-electron chi connectivity index (χ2n) is 2.20. The zero-order valence-electron chi connectivity index (χ0n) is 6.59. The molecule has 0 unspecified atom stereocenters. The van der Waals surface area contributed by atoms with Crippen molar-refractivity contribution in [2.24, 2.45) is 0 Å². The van der Waals surface area contributed by atoms with E-state index < -0.39 is 0 Å². The summed E-state index contributed by atoms with van der Waals surface area (Å²) in [5.41, 5.74) is 0.806. The van der Waals surface area contributed by atoms with Crippen molar-refractivity contribution in [1.29, 1.82) is 0 Å². The van der Waals surface area contributed by atoms with Crippen molar-refractivity contribution in [3.63, 3.8) is 0 Å². The van der Waals surface area contributed by atoms with Crippen molar-refractivity contribution >= 4 is 5.78 Å². The molecule has 0 radical (unpaired) electrons. The van der Waals surface area contributed by atoms with Gasteiger partial charge in [0.1, 0.15) is 0 Å². The Morgan fingerprint density at radius 2 is 2.00 bits per heavy atom. The van der Waals surface area contributed by atoms with Crippen LogP contribution in [0.1, 0.15) is 6.42 Å². The van der Waals surface area contributed by atoms with Gasteiger partial charge in [0.2, 0.25) is 0 Å². The standard InChI is InChI=1S/C8H10O3/c1-10-8(11-2)6-3-4-7(9)5-6/h3-4H,5H2,1-2H3. The number of carbonyl (C=O) groups is 1. The minimum atomic E-state index is 0.0894. The van der Waals surface area contributed by atoms with Crippen LogP contribution in [0.25, 0.3) is 0 Å². The quantitative estimate of drug-likeness (QED) is 0.557. The molecule has 0 aromatic rings. The summed E-state index contributed by atoms with van der Waals surface area (Å²) in [6.45, 7) is 0. The van der Waals surface area contributed by atoms with Gasteiger partial charge in [0.25, 0.3) is 5.95 Å². The molecule has 1 aliphatic rings. The molecule has 60 valence electrons. The van der Waals surface area contributed by atoms with Gasteiger partial charge >= 0.3 is 0 Å². The van der Waals surface area contributed by atoms with E-state index in [1.807, 2.05) is 0 Å². The van der Waals surface area contributed by atoms with Gasteiger partial charge in [-0.05, 0) is 12.2 Å². The Morgan fingerprint density at radius 3 is 2.36 bits per heavy atom. The molecule has 1 rings (SSSR count). The van der Waals surface area contributed by atoms with Gasteiger partial charge in [-0.1, -0.05) is 0 Å². The number of hydrogen-bond donors (Lipinski definition) is 0. The fraction of sp³-hybridized carbons (Fsp3) is 0.375. The predicted molar refractivity (Wildman–Crippen MR) is 39.8 cm³/mol. The number of ketones is 1. The van der Waals surface area contributed by atoms with Crippen LogP contribution in [0.3, 0.4) is 0 Å². The molecule has 0 amide bonds. The summed E-state index contributed by atoms with van der Waals surface area (Å²) in [6.07, 6.45) is 3.62. The number of hydrogen-bond acceptors (Lipinski definition) is 3. The Morgan fingerprint density at radius 1 is 1.36 bits per heavy atom. The molecule has 3 heteroatoms. The molecule has 0 fully saturated rings. The van der Waals surface area contributed by atoms with Crippen molar-refractivity contribution in [2.45, 2.75) is 6.42 Å². The van der Waals surface area contributed by atoms with Gasteiger partial charge < -0.3 is 9.47 Å². The average molecular weight is 154 g/mol. The molecule has 0 atom stereocenters. The van der Waals surface area contributed by atoms with Crippen LogP contribution < -0.4 is 0 Å². The van der Waals surface area contributed by atoms with Gasteiger partial charge in [0.15, 0.2) is 5.78 Å². The van der Waals surface area contributed by atoms with Crippen molar-refractivity contribution in [3.05, 3.63) is 23.7 Å². The highest BCUT2D eigenvalue weighted by Gasteiger charge is 2.14. The van der Waals surface area contributed by atoms with E-state index in [0.29, 0.717) is 12.4 Å². The maximum Gasteiger partial charge on any atom is 0.282 e. The predicted octanol–water partition coefficient (Wildman–Crippen LogP) is 1.02. The molecule has 0 N–H and O–H groups in total. The van der Waals surface area contributed by atoms with E-state index in [2.05, 4.69) is 0 Å². The number of ether oxygens (including phenoxy) is 2. The first kappa shape index (κ1) is 7.85. The van der Waals surface area contributed by atoms with E-state index in [9.17, 15) is 4.79 Å². The highest BCUT2D eigenvalue weighted by Crippen LogP contribution is 2.18. The molecule has 1 aliphatic carbocycles. The van der Waals surface area contributed by atoms with Crippen LogP contribution >= 0.6 is 0 Å². The molecule has 0 saturated carbocycles. The number of carbonyl (C=O) groups excluding carboxylic acids is 1. The van der Waals surface area contributed by atoms with Crippen LogP contribution in [0.2, 0.25) is 0 Å². The van der Waals surface area contributed by atoms with Crippen LogP contribution in [0, 0.1) is 0 Å². The number of rotatable bonds is 2. The molecule has 0 bridgehead atoms. The molecule has 0 saturated heterocycles. The summed E-state index contributed by atoms with van der Waals surface area (Å²) in [7, 11) is 3.03. The topological polar surface area (TPSA) is 35.5 Å². The third kappa shape index (κ3) is 1.61. The summed E-state index contributed by atoms with van der Waals surface area (Å²) >= 11 is 0. The number of methoxy groups -OCH3 is 2. The van der Waals surface area contributed by atoms with Crippen LogP contribution in [0.4, 0.5) is 0 Å². The molecule has 0 aromatic heterocycles. The van der Waals surface area contributed by atoms with E-state index in [4.69, 9.17) is 9.47 Å². The third-order valence-electron chi connectivity index (χ3n) is 1.47. The van der Waals surface area contributed by atoms with Crippen LogP contribution in [-0.2, 0) is 14.3 Å². The first-order chi connectivity index (χ1) is 5.27. The normalized spacial score (nSPS) is 15.5. The van der Waals surface area contributed by atoms with Crippen LogP contribution in [-0.4, -0.2) is 20.0 Å². The van der Waals surface area contributed by atoms with E-state index >= 15 is 0 Å². The average Bonchev–Trinajstić information content (AvgIpc) is 2.39. The lowest BCUT2D eigenvalue weighted by Crippen LogP contribution is -1.95. The summed E-state index contributed by atoms with van der Waals surface area (Å²) in [6, 6.07) is 0. The first-order valence-electron chi connectivity index (χ1n) is 3.30. The maximum absolute atomic E-state index is 10.8. The second kappa shape index (κ2) is 3.23. The summed E-state index contributed by atoms with van der Waals surface area (Å²) in [5, 5.41) is 0. The molecular weight excluding hydrogens is 144 g/mol. The number of allylic oxidation sites excluding steroid dienone is 3. The fourth-order valence-electron chi connectivity index (χ4n) is 0.985. The van der Waals surface area contributed by atoms with Gasteiger partial charge in [0, 0.05) is 12.0 Å². The summed E-state index contributed by atoms with van der Waals surface area (Å²) < 4.78 is 9.77. The Balaban J connectivity index is 2.80. The minimum absolute atomic E-state index is 0.0894. The highest BCUT2D eigenvalue weighted by atomic mass is 16.7. The Hall–Kier alpha value is -1.25. The van der Waals surface area contributed by atoms with Gasteiger partial charge in [0.05, 0.1) is 14.2 Å². The monoisotopic (exact) mass is 154 g/mol. The second-order valence-corrected chi connectivity index (χ2v) is 2.20. The third-order valence-corrected chi connectivity index (χ3v) is 1.47. The zero-order valence-corrected chi connectivity index (χ0v) is 6.59. The van der Waals surface area contributed by atoms with Crippen molar-refractivity contribution in [2.75, 3.05) is 14.2 Å². The zero-order chi connectivity index (χ0) is 8.27. The maximum atomic E-state index is 10.8. The van der Waals surface area contributed by atoms with E-state index in [0.717, 1.165) is 5.57 Å². The molecule has 0 aliphatic heterocycles. The lowest BCUT2D eigenvalue weighted by Gasteiger charge is -2.05. The van der Waals surface area contributed by atoms with Crippen LogP contribution in [0.5, 0.6) is 0 Å². The smallest absolute Gasteiger partial charge is 0.282 e. The highest BCUT2D eigenvalue weighted by molar-refractivity contribution is 5.95. The fourth-order valence-corrected chi connectivity index (χ4v) is 0.985. The summed E-state index contributed by atoms with van der Waals surface area (Å²) in [4.78, 5) is 10.8. The van der Waals surface area contributed by atoms with E-state index in [1.165, 1.54) is 20.3 Å². The van der Waals surface area contributed by atoms with E-state index in [1.54, 1.807) is 6.08 Å². The molecule has 3 nitrogen and oxygen atoms in total. The molecule has 0 heterocycles. The minimum Gasteiger partial charge on any atom is -0.469 e. The van der Waals surface area contributed by atoms with Gasteiger partial charge in [-0.3, -0.25) is 4.79 Å². The first-order valence-corrected chi connectivity index (χ1v) is 3.30. The summed E-state index contributed by atoms with van der Waals surface area (Å²) in [5.74, 6) is 0.513. The Labute approximate surface area is 65.3 Å². The van der Waals surface area contributed by atoms with Gasteiger partial charge in [-0.15, -0.1) is 0 Å². The van der Waals surface area contributed by atoms with Crippen molar-refractivity contribution in [1.82, 2.24) is 0 Å². The SMILES string of the molecule is COC(OC)=C1C=CC(=O)C1. The van der Waals surface area contributed by atoms with Crippen molar-refractivity contribution in [3.8, 4) is 0 Å². The Kier molecular flexibility index (Phi) is 2.31. The molecular formula is C8H10O3. The van der Waals surface area contributed by atoms with Gasteiger partial charge in [-0.25, -0.2) is 0 Å². The van der Waals surface area contributed by atoms with Crippen molar-refractivity contribution < 1.29 is 14.3 Å². The lowest BCUT2D eigenvalue weighted by atomic mass is 10.2. The largest absolute Gasteiger partial charge is 0.469 e. The lowest BCUT2D eigenvalue weighted by molar-refractivity contribution is -0.113. The Bertz CT molecular complexity index is 219. The molecule has 11 heavy (non-hydrogen) atoms. The van der Waals surface area contributed by atoms with Crippen LogP contribution in [0.15, 0.2) is 23.7 Å². The van der Waals surface area contributed by atoms with E-state index in [-0.39, 0.29) is 5.78 Å². The molecule has 0 spiro atoms.